The molecule has 0 amide bonds. The van der Waals surface area contributed by atoms with E-state index in [2.05, 4.69) is 76.5 Å². The lowest BCUT2D eigenvalue weighted by molar-refractivity contribution is 0.321. The lowest BCUT2D eigenvalue weighted by atomic mass is 10.1. The molecule has 1 aromatic heterocycles. The fourth-order valence-electron chi connectivity index (χ4n) is 3.73. The Hall–Kier alpha value is -2.47. The number of thioether (sulfide) groups is 1. The summed E-state index contributed by atoms with van der Waals surface area (Å²) in [6.07, 6.45) is 0. The standard InChI is InChI=1S/C23H19N3S2/c27-23-26(15-25(16-28-23)14-17-8-2-1-3-9-17)22-18-10-4-6-12-20(18)24-21-13-7-5-11-19(21)22/h1-13H,14-16H2. The van der Waals surface area contributed by atoms with Gasteiger partial charge in [-0.3, -0.25) is 4.90 Å². The number of hydrogen-bond acceptors (Lipinski definition) is 4. The number of thiocarbonyl (C=S) groups is 1. The molecule has 5 rings (SSSR count). The first-order valence-electron chi connectivity index (χ1n) is 9.28. The minimum absolute atomic E-state index is 0.777. The van der Waals surface area contributed by atoms with E-state index < -0.39 is 0 Å². The Labute approximate surface area is 174 Å². The molecule has 5 heteroatoms. The maximum Gasteiger partial charge on any atom is 0.143 e. The summed E-state index contributed by atoms with van der Waals surface area (Å²) in [5, 5.41) is 2.29. The van der Waals surface area contributed by atoms with Crippen molar-refractivity contribution in [2.75, 3.05) is 17.4 Å². The topological polar surface area (TPSA) is 19.4 Å². The molecule has 1 aliphatic rings. The van der Waals surface area contributed by atoms with E-state index in [1.54, 1.807) is 11.8 Å². The number of hydrogen-bond donors (Lipinski definition) is 0. The molecule has 0 saturated carbocycles. The van der Waals surface area contributed by atoms with E-state index in [9.17, 15) is 0 Å². The van der Waals surface area contributed by atoms with Crippen LogP contribution in [0.5, 0.6) is 0 Å². The molecule has 3 aromatic carbocycles. The number of para-hydroxylation sites is 2. The smallest absolute Gasteiger partial charge is 0.143 e. The highest BCUT2D eigenvalue weighted by atomic mass is 32.2. The number of aromatic nitrogens is 1. The minimum atomic E-state index is 0.777. The molecule has 4 aromatic rings. The molecule has 138 valence electrons. The molecule has 3 nitrogen and oxygen atoms in total. The zero-order valence-electron chi connectivity index (χ0n) is 15.3. The van der Waals surface area contributed by atoms with Crippen molar-refractivity contribution < 1.29 is 0 Å². The molecule has 0 atom stereocenters. The normalized spacial score (nSPS) is 15.4. The number of pyridine rings is 1. The van der Waals surface area contributed by atoms with Gasteiger partial charge in [-0.1, -0.05) is 90.7 Å². The highest BCUT2D eigenvalue weighted by molar-refractivity contribution is 8.23. The van der Waals surface area contributed by atoms with Crippen LogP contribution in [0.3, 0.4) is 0 Å². The van der Waals surface area contributed by atoms with Crippen LogP contribution in [0, 0.1) is 0 Å². The second-order valence-electron chi connectivity index (χ2n) is 6.92. The van der Waals surface area contributed by atoms with Crippen LogP contribution in [0.25, 0.3) is 21.8 Å². The first-order chi connectivity index (χ1) is 13.8. The Morgan fingerprint density at radius 1 is 0.821 bits per heavy atom. The summed E-state index contributed by atoms with van der Waals surface area (Å²) in [7, 11) is 0. The first-order valence-corrected chi connectivity index (χ1v) is 10.7. The molecule has 0 aliphatic carbocycles. The van der Waals surface area contributed by atoms with Crippen LogP contribution in [0.2, 0.25) is 0 Å². The van der Waals surface area contributed by atoms with Gasteiger partial charge in [0.1, 0.15) is 4.32 Å². The van der Waals surface area contributed by atoms with E-state index in [0.717, 1.165) is 50.9 Å². The molecule has 0 bridgehead atoms. The van der Waals surface area contributed by atoms with Crippen LogP contribution in [0.4, 0.5) is 5.69 Å². The fraction of sp³-hybridized carbons (Fsp3) is 0.130. The van der Waals surface area contributed by atoms with E-state index in [-0.39, 0.29) is 0 Å². The molecule has 2 heterocycles. The SMILES string of the molecule is S=C1SCN(Cc2ccccc2)CN1c1c2ccccc2nc2ccccc12. The lowest BCUT2D eigenvalue weighted by Crippen LogP contribution is -2.44. The van der Waals surface area contributed by atoms with E-state index in [1.165, 1.54) is 5.56 Å². The Morgan fingerprint density at radius 3 is 2.11 bits per heavy atom. The zero-order valence-corrected chi connectivity index (χ0v) is 16.9. The van der Waals surface area contributed by atoms with Crippen molar-refractivity contribution in [3.8, 4) is 0 Å². The average Bonchev–Trinajstić information content (AvgIpc) is 2.74. The monoisotopic (exact) mass is 401 g/mol. The third-order valence-corrected chi connectivity index (χ3v) is 6.55. The van der Waals surface area contributed by atoms with Gasteiger partial charge in [0.25, 0.3) is 0 Å². The maximum atomic E-state index is 5.79. The molecule has 0 radical (unpaired) electrons. The van der Waals surface area contributed by atoms with Crippen molar-refractivity contribution in [2.45, 2.75) is 6.54 Å². The Balaban J connectivity index is 1.60. The highest BCUT2D eigenvalue weighted by Crippen LogP contribution is 2.37. The van der Waals surface area contributed by atoms with Crippen LogP contribution in [-0.4, -0.2) is 26.7 Å². The maximum absolute atomic E-state index is 5.79. The van der Waals surface area contributed by atoms with Crippen LogP contribution < -0.4 is 4.90 Å². The average molecular weight is 402 g/mol. The van der Waals surface area contributed by atoms with E-state index in [4.69, 9.17) is 17.2 Å². The molecular weight excluding hydrogens is 382 g/mol. The predicted octanol–water partition coefficient (Wildman–Crippen LogP) is 5.64. The largest absolute Gasteiger partial charge is 0.312 e. The summed E-state index contributed by atoms with van der Waals surface area (Å²) in [4.78, 5) is 9.56. The quantitative estimate of drug-likeness (QED) is 0.326. The van der Waals surface area contributed by atoms with Gasteiger partial charge in [-0.25, -0.2) is 4.98 Å². The number of benzene rings is 3. The van der Waals surface area contributed by atoms with E-state index in [0.29, 0.717) is 0 Å². The van der Waals surface area contributed by atoms with Gasteiger partial charge >= 0.3 is 0 Å². The predicted molar refractivity (Wildman–Crippen MR) is 124 cm³/mol. The Kier molecular flexibility index (Phi) is 4.72. The molecule has 1 fully saturated rings. The second kappa shape index (κ2) is 7.51. The van der Waals surface area contributed by atoms with E-state index in [1.807, 2.05) is 12.1 Å². The summed E-state index contributed by atoms with van der Waals surface area (Å²) in [6, 6.07) is 27.3. The lowest BCUT2D eigenvalue weighted by Gasteiger charge is -2.37. The minimum Gasteiger partial charge on any atom is -0.312 e. The van der Waals surface area contributed by atoms with Gasteiger partial charge in [0, 0.05) is 17.3 Å². The van der Waals surface area contributed by atoms with Gasteiger partial charge in [0.2, 0.25) is 0 Å². The number of fused-ring (bicyclic) bond motifs is 2. The molecule has 0 unspecified atom stereocenters. The van der Waals surface area contributed by atoms with Gasteiger partial charge in [0.05, 0.1) is 29.3 Å². The van der Waals surface area contributed by atoms with Crippen molar-refractivity contribution in [1.82, 2.24) is 9.88 Å². The van der Waals surface area contributed by atoms with Crippen molar-refractivity contribution in [1.29, 1.82) is 0 Å². The summed E-state index contributed by atoms with van der Waals surface area (Å²) in [6.45, 7) is 1.69. The van der Waals surface area contributed by atoms with Crippen LogP contribution in [0.15, 0.2) is 78.9 Å². The molecule has 1 aliphatic heterocycles. The van der Waals surface area contributed by atoms with Gasteiger partial charge in [0.15, 0.2) is 0 Å². The highest BCUT2D eigenvalue weighted by Gasteiger charge is 2.26. The van der Waals surface area contributed by atoms with Crippen LogP contribution >= 0.6 is 24.0 Å². The third kappa shape index (κ3) is 3.26. The molecule has 0 N–H and O–H groups in total. The van der Waals surface area contributed by atoms with Gasteiger partial charge < -0.3 is 4.90 Å². The van der Waals surface area contributed by atoms with Crippen molar-refractivity contribution >= 4 is 55.8 Å². The summed E-state index contributed by atoms with van der Waals surface area (Å²) < 4.78 is 0.922. The summed E-state index contributed by atoms with van der Waals surface area (Å²) >= 11 is 7.52. The summed E-state index contributed by atoms with van der Waals surface area (Å²) in [5.41, 5.74) is 4.49. The van der Waals surface area contributed by atoms with E-state index >= 15 is 0 Å². The molecule has 1 saturated heterocycles. The number of rotatable bonds is 3. The third-order valence-electron chi connectivity index (χ3n) is 5.01. The molecule has 0 spiro atoms. The van der Waals surface area contributed by atoms with Crippen LogP contribution in [0.1, 0.15) is 5.56 Å². The second-order valence-corrected chi connectivity index (χ2v) is 8.50. The van der Waals surface area contributed by atoms with Crippen molar-refractivity contribution in [3.05, 3.63) is 84.4 Å². The Morgan fingerprint density at radius 2 is 1.43 bits per heavy atom. The Bertz CT molecular complexity index is 1110. The molecular formula is C23H19N3S2. The first kappa shape index (κ1) is 17.6. The van der Waals surface area contributed by atoms with Gasteiger partial charge in [-0.2, -0.15) is 0 Å². The number of nitrogens with zero attached hydrogens (tertiary/aromatic N) is 3. The summed E-state index contributed by atoms with van der Waals surface area (Å²) in [5.74, 6) is 0.908. The number of anilines is 1. The van der Waals surface area contributed by atoms with Crippen LogP contribution in [-0.2, 0) is 6.54 Å². The van der Waals surface area contributed by atoms with Gasteiger partial charge in [-0.05, 0) is 17.7 Å². The molecule has 28 heavy (non-hydrogen) atoms. The van der Waals surface area contributed by atoms with Crippen molar-refractivity contribution in [2.24, 2.45) is 0 Å². The van der Waals surface area contributed by atoms with Crippen molar-refractivity contribution in [3.63, 3.8) is 0 Å². The van der Waals surface area contributed by atoms with Gasteiger partial charge in [-0.15, -0.1) is 0 Å². The zero-order chi connectivity index (χ0) is 18.9. The fourth-order valence-corrected chi connectivity index (χ4v) is 4.81.